The van der Waals surface area contributed by atoms with E-state index >= 15 is 0 Å². The molecule has 1 heterocycles. The van der Waals surface area contributed by atoms with Gasteiger partial charge in [-0.25, -0.2) is 5.01 Å². The summed E-state index contributed by atoms with van der Waals surface area (Å²) < 4.78 is 5.26. The number of amides is 1. The smallest absolute Gasteiger partial charge is 0.238 e. The first-order valence-electron chi connectivity index (χ1n) is 7.58. The van der Waals surface area contributed by atoms with E-state index in [9.17, 15) is 4.79 Å². The lowest BCUT2D eigenvalue weighted by atomic mass is 10.0. The van der Waals surface area contributed by atoms with Crippen molar-refractivity contribution in [2.24, 2.45) is 0 Å². The molecule has 22 heavy (non-hydrogen) atoms. The van der Waals surface area contributed by atoms with E-state index in [1.807, 2.05) is 35.3 Å². The maximum atomic E-state index is 12.0. The summed E-state index contributed by atoms with van der Waals surface area (Å²) >= 11 is 0. The molecule has 0 aliphatic carbocycles. The Morgan fingerprint density at radius 1 is 0.955 bits per heavy atom. The van der Waals surface area contributed by atoms with Crippen molar-refractivity contribution in [1.29, 1.82) is 0 Å². The fourth-order valence-corrected chi connectivity index (χ4v) is 2.52. The average Bonchev–Trinajstić information content (AvgIpc) is 2.57. The van der Waals surface area contributed by atoms with E-state index in [0.29, 0.717) is 19.6 Å². The molecular weight excluding hydrogens is 276 g/mol. The molecule has 1 aliphatic heterocycles. The molecule has 2 aromatic rings. The van der Waals surface area contributed by atoms with Gasteiger partial charge in [0.05, 0.1) is 19.6 Å². The molecule has 2 aromatic carbocycles. The molecule has 114 valence electrons. The van der Waals surface area contributed by atoms with Gasteiger partial charge >= 0.3 is 0 Å². The topological polar surface area (TPSA) is 41.6 Å². The summed E-state index contributed by atoms with van der Waals surface area (Å²) in [6, 6.07) is 18.4. The van der Waals surface area contributed by atoms with Crippen LogP contribution in [-0.2, 0) is 16.0 Å². The first kappa shape index (κ1) is 14.8. The third kappa shape index (κ3) is 3.93. The standard InChI is InChI=1S/C18H20N2O2/c21-18(19-20-10-12-22-13-11-20)14-15-6-8-17(9-7-15)16-4-2-1-3-5-16/h1-9H,10-14H2,(H,19,21). The minimum absolute atomic E-state index is 0.0226. The lowest BCUT2D eigenvalue weighted by Gasteiger charge is -2.26. The molecule has 1 aliphatic rings. The van der Waals surface area contributed by atoms with Crippen LogP contribution in [0.5, 0.6) is 0 Å². The Morgan fingerprint density at radius 3 is 2.27 bits per heavy atom. The maximum absolute atomic E-state index is 12.0. The first-order chi connectivity index (χ1) is 10.8. The molecule has 0 spiro atoms. The average molecular weight is 296 g/mol. The van der Waals surface area contributed by atoms with Crippen molar-refractivity contribution in [1.82, 2.24) is 10.4 Å². The van der Waals surface area contributed by atoms with Crippen molar-refractivity contribution in [3.05, 3.63) is 60.2 Å². The number of hydrogen-bond acceptors (Lipinski definition) is 3. The Morgan fingerprint density at radius 2 is 1.59 bits per heavy atom. The molecule has 1 saturated heterocycles. The molecule has 4 heteroatoms. The van der Waals surface area contributed by atoms with Gasteiger partial charge in [-0.1, -0.05) is 54.6 Å². The molecule has 4 nitrogen and oxygen atoms in total. The van der Waals surface area contributed by atoms with Gasteiger partial charge < -0.3 is 4.74 Å². The summed E-state index contributed by atoms with van der Waals surface area (Å²) in [6.45, 7) is 2.84. The Balaban J connectivity index is 1.57. The van der Waals surface area contributed by atoms with Crippen LogP contribution in [0.1, 0.15) is 5.56 Å². The van der Waals surface area contributed by atoms with Crippen LogP contribution in [0.2, 0.25) is 0 Å². The summed E-state index contributed by atoms with van der Waals surface area (Å²) in [6.07, 6.45) is 0.395. The zero-order valence-corrected chi connectivity index (χ0v) is 12.5. The van der Waals surface area contributed by atoms with Gasteiger partial charge in [-0.2, -0.15) is 0 Å². The molecule has 1 fully saturated rings. The largest absolute Gasteiger partial charge is 0.379 e. The monoisotopic (exact) mass is 296 g/mol. The number of carbonyl (C=O) groups excluding carboxylic acids is 1. The van der Waals surface area contributed by atoms with Gasteiger partial charge in [-0.3, -0.25) is 10.2 Å². The highest BCUT2D eigenvalue weighted by Crippen LogP contribution is 2.19. The third-order valence-electron chi connectivity index (χ3n) is 3.72. The number of hydrazine groups is 1. The van der Waals surface area contributed by atoms with Crippen LogP contribution in [0.15, 0.2) is 54.6 Å². The van der Waals surface area contributed by atoms with Crippen molar-refractivity contribution < 1.29 is 9.53 Å². The van der Waals surface area contributed by atoms with E-state index in [2.05, 4.69) is 29.7 Å². The Bertz CT molecular complexity index is 605. The molecule has 0 atom stereocenters. The quantitative estimate of drug-likeness (QED) is 0.941. The first-order valence-corrected chi connectivity index (χ1v) is 7.58. The fourth-order valence-electron chi connectivity index (χ4n) is 2.52. The lowest BCUT2D eigenvalue weighted by molar-refractivity contribution is -0.127. The van der Waals surface area contributed by atoms with Crippen LogP contribution in [0.4, 0.5) is 0 Å². The number of carbonyl (C=O) groups is 1. The molecule has 0 unspecified atom stereocenters. The molecule has 0 radical (unpaired) electrons. The second-order valence-electron chi connectivity index (χ2n) is 5.37. The van der Waals surface area contributed by atoms with Crippen LogP contribution in [-0.4, -0.2) is 37.2 Å². The number of nitrogens with one attached hydrogen (secondary N) is 1. The predicted octanol–water partition coefficient (Wildman–Crippen LogP) is 2.26. The summed E-state index contributed by atoms with van der Waals surface area (Å²) in [4.78, 5) is 12.0. The Kier molecular flexibility index (Phi) is 4.83. The fraction of sp³-hybridized carbons (Fsp3) is 0.278. The number of rotatable bonds is 4. The van der Waals surface area contributed by atoms with Crippen LogP contribution in [0.25, 0.3) is 11.1 Å². The van der Waals surface area contributed by atoms with E-state index < -0.39 is 0 Å². The van der Waals surface area contributed by atoms with E-state index in [-0.39, 0.29) is 5.91 Å². The van der Waals surface area contributed by atoms with Gasteiger partial charge in [0.25, 0.3) is 0 Å². The third-order valence-corrected chi connectivity index (χ3v) is 3.72. The number of morpholine rings is 1. The maximum Gasteiger partial charge on any atom is 0.238 e. The number of benzene rings is 2. The second kappa shape index (κ2) is 7.20. The van der Waals surface area contributed by atoms with Gasteiger partial charge in [0, 0.05) is 13.1 Å². The molecule has 0 bridgehead atoms. The van der Waals surface area contributed by atoms with Gasteiger partial charge in [0.2, 0.25) is 5.91 Å². The van der Waals surface area contributed by atoms with E-state index in [4.69, 9.17) is 4.74 Å². The van der Waals surface area contributed by atoms with Crippen molar-refractivity contribution in [3.63, 3.8) is 0 Å². The summed E-state index contributed by atoms with van der Waals surface area (Å²) in [5, 5.41) is 1.92. The van der Waals surface area contributed by atoms with Crippen LogP contribution < -0.4 is 5.43 Å². The molecular formula is C18H20N2O2. The van der Waals surface area contributed by atoms with Crippen molar-refractivity contribution in [2.45, 2.75) is 6.42 Å². The van der Waals surface area contributed by atoms with Crippen LogP contribution >= 0.6 is 0 Å². The minimum atomic E-state index is 0.0226. The Hall–Kier alpha value is -2.17. The second-order valence-corrected chi connectivity index (χ2v) is 5.37. The van der Waals surface area contributed by atoms with Gasteiger partial charge in [-0.15, -0.1) is 0 Å². The van der Waals surface area contributed by atoms with E-state index in [1.165, 1.54) is 5.56 Å². The Labute approximate surface area is 130 Å². The SMILES string of the molecule is O=C(Cc1ccc(-c2ccccc2)cc1)NN1CCOCC1. The predicted molar refractivity (Wildman–Crippen MR) is 86.1 cm³/mol. The van der Waals surface area contributed by atoms with Gasteiger partial charge in [0.15, 0.2) is 0 Å². The van der Waals surface area contributed by atoms with Gasteiger partial charge in [0.1, 0.15) is 0 Å². The molecule has 0 saturated carbocycles. The van der Waals surface area contributed by atoms with Crippen LogP contribution in [0, 0.1) is 0 Å². The zero-order chi connectivity index (χ0) is 15.2. The van der Waals surface area contributed by atoms with Crippen molar-refractivity contribution in [2.75, 3.05) is 26.3 Å². The number of nitrogens with zero attached hydrogens (tertiary/aromatic N) is 1. The molecule has 0 aromatic heterocycles. The van der Waals surface area contributed by atoms with Crippen LogP contribution in [0.3, 0.4) is 0 Å². The summed E-state index contributed by atoms with van der Waals surface area (Å²) in [7, 11) is 0. The highest BCUT2D eigenvalue weighted by molar-refractivity contribution is 5.78. The van der Waals surface area contributed by atoms with Crippen molar-refractivity contribution in [3.8, 4) is 11.1 Å². The highest BCUT2D eigenvalue weighted by Gasteiger charge is 2.13. The zero-order valence-electron chi connectivity index (χ0n) is 12.5. The van der Waals surface area contributed by atoms with E-state index in [0.717, 1.165) is 24.2 Å². The minimum Gasteiger partial charge on any atom is -0.379 e. The van der Waals surface area contributed by atoms with Gasteiger partial charge in [-0.05, 0) is 16.7 Å². The number of hydrogen-bond donors (Lipinski definition) is 1. The summed E-state index contributed by atoms with van der Waals surface area (Å²) in [5.41, 5.74) is 6.30. The normalized spacial score (nSPS) is 15.5. The number of ether oxygens (including phenoxy) is 1. The summed E-state index contributed by atoms with van der Waals surface area (Å²) in [5.74, 6) is 0.0226. The highest BCUT2D eigenvalue weighted by atomic mass is 16.5. The van der Waals surface area contributed by atoms with E-state index in [1.54, 1.807) is 0 Å². The molecule has 1 amide bonds. The molecule has 1 N–H and O–H groups in total. The lowest BCUT2D eigenvalue weighted by Crippen LogP contribution is -2.48. The molecule has 3 rings (SSSR count). The van der Waals surface area contributed by atoms with Crippen molar-refractivity contribution >= 4 is 5.91 Å².